The highest BCUT2D eigenvalue weighted by Gasteiger charge is 2.21. The van der Waals surface area contributed by atoms with Crippen LogP contribution in [0.15, 0.2) is 46.0 Å². The minimum atomic E-state index is -3.99. The molecule has 0 saturated carbocycles. The molecule has 3 aromatic rings. The summed E-state index contributed by atoms with van der Waals surface area (Å²) in [5.41, 5.74) is 1.08. The third-order valence-corrected chi connectivity index (χ3v) is 4.00. The lowest BCUT2D eigenvalue weighted by Gasteiger charge is -2.05. The highest BCUT2D eigenvalue weighted by Crippen LogP contribution is 2.21. The molecule has 0 aliphatic rings. The maximum absolute atomic E-state index is 12.1. The van der Waals surface area contributed by atoms with E-state index >= 15 is 0 Å². The minimum absolute atomic E-state index is 0.317. The fourth-order valence-electron chi connectivity index (χ4n) is 1.79. The van der Waals surface area contributed by atoms with Gasteiger partial charge >= 0.3 is 5.97 Å². The number of aromatic carboxylic acids is 1. The lowest BCUT2D eigenvalue weighted by molar-refractivity contribution is 0.0656. The van der Waals surface area contributed by atoms with Crippen molar-refractivity contribution in [3.8, 4) is 0 Å². The van der Waals surface area contributed by atoms with E-state index in [9.17, 15) is 13.2 Å². The normalized spacial score (nSPS) is 11.6. The van der Waals surface area contributed by atoms with Crippen LogP contribution in [0, 0.1) is 0 Å². The Hall–Kier alpha value is -2.81. The average molecular weight is 307 g/mol. The monoisotopic (exact) mass is 307 g/mol. The number of aromatic amines is 1. The van der Waals surface area contributed by atoms with E-state index in [4.69, 9.17) is 9.52 Å². The molecule has 0 aliphatic carbocycles. The number of benzene rings is 1. The van der Waals surface area contributed by atoms with Gasteiger partial charge in [0, 0.05) is 11.1 Å². The van der Waals surface area contributed by atoms with Crippen LogP contribution in [0.5, 0.6) is 0 Å². The van der Waals surface area contributed by atoms with Gasteiger partial charge in [-0.25, -0.2) is 4.79 Å². The molecule has 8 nitrogen and oxygen atoms in total. The van der Waals surface area contributed by atoms with Crippen LogP contribution < -0.4 is 4.72 Å². The molecule has 21 heavy (non-hydrogen) atoms. The van der Waals surface area contributed by atoms with Gasteiger partial charge in [0.05, 0.1) is 11.7 Å². The number of carboxylic acid groups (broad SMARTS) is 1. The SMILES string of the molecule is O=C(O)c1ccc(S(=O)(=O)Nc2ccc3[nH]ncc3c2)o1. The summed E-state index contributed by atoms with van der Waals surface area (Å²) in [4.78, 5) is 10.7. The zero-order chi connectivity index (χ0) is 15.0. The molecule has 3 rings (SSSR count). The summed E-state index contributed by atoms with van der Waals surface area (Å²) < 4.78 is 31.3. The molecular weight excluding hydrogens is 298 g/mol. The Kier molecular flexibility index (Phi) is 2.91. The number of anilines is 1. The predicted octanol–water partition coefficient (Wildman–Crippen LogP) is 1.65. The summed E-state index contributed by atoms with van der Waals surface area (Å²) in [7, 11) is -3.99. The molecule has 0 radical (unpaired) electrons. The molecule has 2 heterocycles. The van der Waals surface area contributed by atoms with E-state index in [1.807, 2.05) is 0 Å². The van der Waals surface area contributed by atoms with Gasteiger partial charge in [0.2, 0.25) is 10.9 Å². The topological polar surface area (TPSA) is 125 Å². The van der Waals surface area contributed by atoms with Gasteiger partial charge in [-0.3, -0.25) is 9.82 Å². The number of carboxylic acids is 1. The second-order valence-corrected chi connectivity index (χ2v) is 5.81. The van der Waals surface area contributed by atoms with E-state index in [0.29, 0.717) is 5.69 Å². The fourth-order valence-corrected chi connectivity index (χ4v) is 2.78. The van der Waals surface area contributed by atoms with E-state index in [0.717, 1.165) is 23.0 Å². The summed E-state index contributed by atoms with van der Waals surface area (Å²) in [6.45, 7) is 0. The highest BCUT2D eigenvalue weighted by atomic mass is 32.2. The number of sulfonamides is 1. The first-order valence-electron chi connectivity index (χ1n) is 5.75. The van der Waals surface area contributed by atoms with E-state index < -0.39 is 26.8 Å². The number of nitrogens with zero attached hydrogens (tertiary/aromatic N) is 1. The van der Waals surface area contributed by atoms with Gasteiger partial charge in [0.25, 0.3) is 10.0 Å². The molecule has 0 bridgehead atoms. The number of rotatable bonds is 4. The van der Waals surface area contributed by atoms with E-state index in [1.165, 1.54) is 0 Å². The van der Waals surface area contributed by atoms with Gasteiger partial charge in [-0.2, -0.15) is 13.5 Å². The number of carbonyl (C=O) groups is 1. The van der Waals surface area contributed by atoms with Crippen LogP contribution in [0.2, 0.25) is 0 Å². The minimum Gasteiger partial charge on any atom is -0.475 e. The Morgan fingerprint density at radius 3 is 2.81 bits per heavy atom. The summed E-state index contributed by atoms with van der Waals surface area (Å²) in [6, 6.07) is 6.99. The molecular formula is C12H9N3O5S. The highest BCUT2D eigenvalue weighted by molar-refractivity contribution is 7.92. The summed E-state index contributed by atoms with van der Waals surface area (Å²) in [6.07, 6.45) is 1.56. The summed E-state index contributed by atoms with van der Waals surface area (Å²) in [5.74, 6) is -1.78. The standard InChI is InChI=1S/C12H9N3O5S/c16-12(17)10-3-4-11(20-10)21(18,19)15-8-1-2-9-7(5-8)6-13-14-9/h1-6,15H,(H,13,14)(H,16,17). The first kappa shape index (κ1) is 13.2. The fraction of sp³-hybridized carbons (Fsp3) is 0. The number of nitrogens with one attached hydrogen (secondary N) is 2. The smallest absolute Gasteiger partial charge is 0.371 e. The van der Waals surface area contributed by atoms with E-state index in [2.05, 4.69) is 14.9 Å². The van der Waals surface area contributed by atoms with Gasteiger partial charge in [-0.05, 0) is 30.3 Å². The van der Waals surface area contributed by atoms with Crippen LogP contribution in [0.25, 0.3) is 10.9 Å². The first-order valence-corrected chi connectivity index (χ1v) is 7.23. The quantitative estimate of drug-likeness (QED) is 0.673. The van der Waals surface area contributed by atoms with Crippen molar-refractivity contribution in [1.29, 1.82) is 0 Å². The van der Waals surface area contributed by atoms with E-state index in [-0.39, 0.29) is 0 Å². The number of H-pyrrole nitrogens is 1. The molecule has 0 amide bonds. The van der Waals surface area contributed by atoms with Crippen molar-refractivity contribution in [2.75, 3.05) is 4.72 Å². The Bertz CT molecular complexity index is 925. The third-order valence-electron chi connectivity index (χ3n) is 2.75. The lowest BCUT2D eigenvalue weighted by Crippen LogP contribution is -2.12. The molecule has 0 unspecified atom stereocenters. The molecule has 0 atom stereocenters. The Morgan fingerprint density at radius 2 is 2.10 bits per heavy atom. The third kappa shape index (κ3) is 2.46. The Morgan fingerprint density at radius 1 is 1.29 bits per heavy atom. The Labute approximate surface area is 118 Å². The lowest BCUT2D eigenvalue weighted by atomic mass is 10.2. The molecule has 0 saturated heterocycles. The van der Waals surface area contributed by atoms with Crippen molar-refractivity contribution in [3.63, 3.8) is 0 Å². The van der Waals surface area contributed by atoms with Gasteiger partial charge in [0.15, 0.2) is 0 Å². The van der Waals surface area contributed by atoms with Crippen LogP contribution in [0.3, 0.4) is 0 Å². The van der Waals surface area contributed by atoms with Crippen molar-refractivity contribution < 1.29 is 22.7 Å². The molecule has 9 heteroatoms. The van der Waals surface area contributed by atoms with Crippen molar-refractivity contribution in [2.24, 2.45) is 0 Å². The number of aromatic nitrogens is 2. The zero-order valence-corrected chi connectivity index (χ0v) is 11.2. The van der Waals surface area contributed by atoms with Crippen LogP contribution in [-0.2, 0) is 10.0 Å². The number of hydrogen-bond acceptors (Lipinski definition) is 5. The number of furan rings is 1. The van der Waals surface area contributed by atoms with Crippen molar-refractivity contribution in [2.45, 2.75) is 5.09 Å². The van der Waals surface area contributed by atoms with Crippen molar-refractivity contribution in [1.82, 2.24) is 10.2 Å². The summed E-state index contributed by atoms with van der Waals surface area (Å²) >= 11 is 0. The van der Waals surface area contributed by atoms with Crippen LogP contribution in [0.4, 0.5) is 5.69 Å². The van der Waals surface area contributed by atoms with Gasteiger partial charge in [0.1, 0.15) is 0 Å². The van der Waals surface area contributed by atoms with Crippen LogP contribution >= 0.6 is 0 Å². The zero-order valence-electron chi connectivity index (χ0n) is 10.4. The summed E-state index contributed by atoms with van der Waals surface area (Å²) in [5, 5.41) is 15.6. The number of hydrogen-bond donors (Lipinski definition) is 3. The first-order chi connectivity index (χ1) is 9.95. The molecule has 2 aromatic heterocycles. The average Bonchev–Trinajstić information content (AvgIpc) is 3.07. The molecule has 3 N–H and O–H groups in total. The predicted molar refractivity (Wildman–Crippen MR) is 72.6 cm³/mol. The second kappa shape index (κ2) is 4.63. The Balaban J connectivity index is 1.92. The van der Waals surface area contributed by atoms with Gasteiger partial charge in [-0.1, -0.05) is 0 Å². The van der Waals surface area contributed by atoms with Crippen molar-refractivity contribution in [3.05, 3.63) is 42.3 Å². The van der Waals surface area contributed by atoms with E-state index in [1.54, 1.807) is 24.4 Å². The second-order valence-electron chi connectivity index (χ2n) is 4.20. The molecule has 0 spiro atoms. The maximum atomic E-state index is 12.1. The number of fused-ring (bicyclic) bond motifs is 1. The van der Waals surface area contributed by atoms with Crippen molar-refractivity contribution >= 4 is 32.6 Å². The van der Waals surface area contributed by atoms with Crippen LogP contribution in [0.1, 0.15) is 10.6 Å². The molecule has 1 aromatic carbocycles. The van der Waals surface area contributed by atoms with Crippen LogP contribution in [-0.4, -0.2) is 29.7 Å². The largest absolute Gasteiger partial charge is 0.475 e. The molecule has 0 fully saturated rings. The van der Waals surface area contributed by atoms with Gasteiger partial charge < -0.3 is 9.52 Å². The van der Waals surface area contributed by atoms with Gasteiger partial charge in [-0.15, -0.1) is 0 Å². The molecule has 108 valence electrons. The molecule has 0 aliphatic heterocycles. The maximum Gasteiger partial charge on any atom is 0.371 e.